The fraction of sp³-hybridized carbons (Fsp3) is 0.0769. The van der Waals surface area contributed by atoms with E-state index in [0.29, 0.717) is 0 Å². The predicted octanol–water partition coefficient (Wildman–Crippen LogP) is 20.4. The van der Waals surface area contributed by atoms with Crippen LogP contribution in [0, 0.1) is 0 Å². The van der Waals surface area contributed by atoms with Crippen LogP contribution >= 0.6 is 0 Å². The lowest BCUT2D eigenvalue weighted by atomic mass is 9.65. The highest BCUT2D eigenvalue weighted by atomic mass is 16.5. The second kappa shape index (κ2) is 16.8. The summed E-state index contributed by atoms with van der Waals surface area (Å²) >= 11 is 0. The zero-order valence-electron chi connectivity index (χ0n) is 45.3. The van der Waals surface area contributed by atoms with Gasteiger partial charge in [0, 0.05) is 56.0 Å². The summed E-state index contributed by atoms with van der Waals surface area (Å²) in [5.74, 6) is 1.74. The van der Waals surface area contributed by atoms with Gasteiger partial charge in [-0.05, 0) is 187 Å². The number of nitrogens with zero attached hydrogens (tertiary/aromatic N) is 2. The van der Waals surface area contributed by atoms with E-state index in [1.54, 1.807) is 0 Å². The van der Waals surface area contributed by atoms with Crippen LogP contribution in [0.1, 0.15) is 70.8 Å². The van der Waals surface area contributed by atoms with Gasteiger partial charge in [-0.1, -0.05) is 196 Å². The van der Waals surface area contributed by atoms with E-state index >= 15 is 0 Å². The number of fused-ring (bicyclic) bond motifs is 15. The van der Waals surface area contributed by atoms with Crippen LogP contribution in [0.25, 0.3) is 55.6 Å². The Labute approximate surface area is 473 Å². The first-order valence-electron chi connectivity index (χ1n) is 28.4. The molecule has 2 unspecified atom stereocenters. The fourth-order valence-corrected chi connectivity index (χ4v) is 15.1. The minimum Gasteiger partial charge on any atom is -0.457 e. The molecule has 2 atom stereocenters. The first kappa shape index (κ1) is 46.0. The van der Waals surface area contributed by atoms with Crippen molar-refractivity contribution in [1.29, 1.82) is 0 Å². The summed E-state index contributed by atoms with van der Waals surface area (Å²) in [7, 11) is 0. The average Bonchev–Trinajstić information content (AvgIpc) is 3.86. The van der Waals surface area contributed by atoms with Gasteiger partial charge in [0.1, 0.15) is 11.5 Å². The third kappa shape index (κ3) is 6.29. The molecule has 3 aliphatic carbocycles. The molecule has 0 saturated carbocycles. The molecule has 17 rings (SSSR count). The highest BCUT2D eigenvalue weighted by Crippen LogP contribution is 2.66. The summed E-state index contributed by atoms with van der Waals surface area (Å²) in [4.78, 5) is 4.91. The Kier molecular flexibility index (Phi) is 9.53. The van der Waals surface area contributed by atoms with E-state index in [0.717, 1.165) is 67.9 Å². The van der Waals surface area contributed by atoms with Crippen LogP contribution in [0.3, 0.4) is 0 Å². The fourth-order valence-electron chi connectivity index (χ4n) is 15.1. The first-order chi connectivity index (χ1) is 39.8. The number of para-hydroxylation sites is 2. The summed E-state index contributed by atoms with van der Waals surface area (Å²) < 4.78 is 7.08. The van der Waals surface area contributed by atoms with E-state index in [1.165, 1.54) is 83.5 Å². The smallest absolute Gasteiger partial charge is 0.132 e. The Morgan fingerprint density at radius 2 is 0.889 bits per heavy atom. The van der Waals surface area contributed by atoms with Gasteiger partial charge >= 0.3 is 0 Å². The van der Waals surface area contributed by atoms with E-state index in [2.05, 4.69) is 304 Å². The molecular weight excluding hydrogens is 981 g/mol. The normalized spacial score (nSPS) is 17.3. The third-order valence-electron chi connectivity index (χ3n) is 18.9. The van der Waals surface area contributed by atoms with Crippen molar-refractivity contribution < 1.29 is 4.74 Å². The first-order valence-corrected chi connectivity index (χ1v) is 28.4. The number of hydrogen-bond donors (Lipinski definition) is 0. The van der Waals surface area contributed by atoms with Crippen LogP contribution in [0.5, 0.6) is 11.5 Å². The van der Waals surface area contributed by atoms with Crippen LogP contribution in [0.15, 0.2) is 273 Å². The molecule has 2 aliphatic heterocycles. The minimum atomic E-state index is -0.723. The molecule has 0 aromatic heterocycles. The molecule has 0 N–H and O–H groups in total. The van der Waals surface area contributed by atoms with Gasteiger partial charge in [0.05, 0.1) is 11.1 Å². The van der Waals surface area contributed by atoms with Crippen LogP contribution < -0.4 is 14.5 Å². The Bertz CT molecular complexity index is 4600. The van der Waals surface area contributed by atoms with E-state index < -0.39 is 10.8 Å². The highest BCUT2D eigenvalue weighted by molar-refractivity contribution is 6.01. The standard InChI is InChI=1S/C78H54N2O/c1-76(2)64-23-12-10-21-59(64)61-41-39-57(47-69(61)76)79(54-19-8-5-9-20-54)55-35-31-51(32-36-55)52-33-44-74-71(45-52)78(67-25-14-15-28-73(67)81-74)66-43-34-53-46-63(66)75-68(78)26-16-27-72(75)80(56-37-29-50(30-38-56)49-17-6-4-7-18-49)58-40-42-62-60-22-11-13-24-65(60)77(53,3)70(62)48-58/h4-48H,1-3H3. The summed E-state index contributed by atoms with van der Waals surface area (Å²) in [5, 5.41) is 0. The molecule has 0 saturated heterocycles. The number of ether oxygens (including phenoxy) is 1. The topological polar surface area (TPSA) is 15.7 Å². The van der Waals surface area contributed by atoms with Crippen molar-refractivity contribution in [2.75, 3.05) is 9.80 Å². The van der Waals surface area contributed by atoms with Crippen molar-refractivity contribution in [1.82, 2.24) is 0 Å². The molecular formula is C78H54N2O. The summed E-state index contributed by atoms with van der Waals surface area (Å²) in [6.07, 6.45) is 0. The lowest BCUT2D eigenvalue weighted by Crippen LogP contribution is -2.32. The van der Waals surface area contributed by atoms with Crippen molar-refractivity contribution >= 4 is 34.1 Å². The second-order valence-electron chi connectivity index (χ2n) is 23.3. The Morgan fingerprint density at radius 3 is 1.69 bits per heavy atom. The summed E-state index contributed by atoms with van der Waals surface area (Å²) in [6, 6.07) is 102. The Balaban J connectivity index is 0.855. The number of benzene rings is 12. The highest BCUT2D eigenvalue weighted by Gasteiger charge is 2.53. The summed E-state index contributed by atoms with van der Waals surface area (Å²) in [5.41, 5.74) is 29.3. The van der Waals surface area contributed by atoms with E-state index in [-0.39, 0.29) is 5.41 Å². The Hall–Kier alpha value is -9.96. The van der Waals surface area contributed by atoms with Gasteiger partial charge in [-0.25, -0.2) is 0 Å². The number of hydrogen-bond acceptors (Lipinski definition) is 3. The van der Waals surface area contributed by atoms with Gasteiger partial charge in [0.15, 0.2) is 0 Å². The number of rotatable bonds is 6. The maximum atomic E-state index is 7.08. The van der Waals surface area contributed by atoms with Crippen LogP contribution in [-0.2, 0) is 16.2 Å². The van der Waals surface area contributed by atoms with Crippen LogP contribution in [0.4, 0.5) is 34.1 Å². The van der Waals surface area contributed by atoms with Gasteiger partial charge in [-0.3, -0.25) is 0 Å². The van der Waals surface area contributed by atoms with Crippen LogP contribution in [0.2, 0.25) is 0 Å². The maximum Gasteiger partial charge on any atom is 0.132 e. The van der Waals surface area contributed by atoms with E-state index in [9.17, 15) is 0 Å². The largest absolute Gasteiger partial charge is 0.457 e. The monoisotopic (exact) mass is 1030 g/mol. The lowest BCUT2D eigenvalue weighted by Gasteiger charge is -2.40. The molecule has 12 aromatic rings. The third-order valence-corrected chi connectivity index (χ3v) is 18.9. The average molecular weight is 1040 g/mol. The molecule has 1 spiro atoms. The number of anilines is 6. The quantitative estimate of drug-likeness (QED) is 0.165. The van der Waals surface area contributed by atoms with Crippen molar-refractivity contribution in [3.8, 4) is 67.1 Å². The maximum absolute atomic E-state index is 7.08. The van der Waals surface area contributed by atoms with Gasteiger partial charge in [-0.2, -0.15) is 0 Å². The minimum absolute atomic E-state index is 0.119. The van der Waals surface area contributed by atoms with E-state index in [4.69, 9.17) is 4.74 Å². The molecule has 0 radical (unpaired) electrons. The van der Waals surface area contributed by atoms with Gasteiger partial charge in [0.25, 0.3) is 0 Å². The molecule has 12 aromatic carbocycles. The molecule has 0 fully saturated rings. The van der Waals surface area contributed by atoms with Crippen molar-refractivity contribution in [2.24, 2.45) is 0 Å². The molecule has 3 heteroatoms. The molecule has 5 aliphatic rings. The second-order valence-corrected chi connectivity index (χ2v) is 23.3. The predicted molar refractivity (Wildman–Crippen MR) is 333 cm³/mol. The Morgan fingerprint density at radius 1 is 0.321 bits per heavy atom. The molecule has 81 heavy (non-hydrogen) atoms. The van der Waals surface area contributed by atoms with Gasteiger partial charge in [0.2, 0.25) is 0 Å². The lowest BCUT2D eigenvalue weighted by molar-refractivity contribution is 0.436. The summed E-state index contributed by atoms with van der Waals surface area (Å²) in [6.45, 7) is 7.16. The molecule has 4 bridgehead atoms. The molecule has 382 valence electrons. The van der Waals surface area contributed by atoms with Crippen LogP contribution in [-0.4, -0.2) is 0 Å². The van der Waals surface area contributed by atoms with Gasteiger partial charge in [-0.15, -0.1) is 0 Å². The van der Waals surface area contributed by atoms with Crippen molar-refractivity contribution in [3.05, 3.63) is 323 Å². The molecule has 0 amide bonds. The van der Waals surface area contributed by atoms with Gasteiger partial charge < -0.3 is 14.5 Å². The van der Waals surface area contributed by atoms with Crippen molar-refractivity contribution in [2.45, 2.75) is 37.0 Å². The molecule has 3 nitrogen and oxygen atoms in total. The molecule has 2 heterocycles. The van der Waals surface area contributed by atoms with E-state index in [1.807, 2.05) is 0 Å². The zero-order valence-corrected chi connectivity index (χ0v) is 45.3. The zero-order chi connectivity index (χ0) is 53.8. The van der Waals surface area contributed by atoms with Crippen molar-refractivity contribution in [3.63, 3.8) is 0 Å². The SMILES string of the molecule is CC1(C)c2ccccc2-c2ccc(N(c3ccccc3)c3ccc(-c4ccc5c(c4)C4(c6ccccc6O5)c5ccc6cc5-c5c(cccc54)N(c4ccc(-c5ccccc5)cc4)c4ccc5c(c4)C6(C)c4ccccc4-5)cc3)cc21.